The zero-order valence-corrected chi connectivity index (χ0v) is 19.3. The second-order valence-corrected chi connectivity index (χ2v) is 10.5. The van der Waals surface area contributed by atoms with Crippen molar-refractivity contribution in [3.8, 4) is 0 Å². The first-order valence-electron chi connectivity index (χ1n) is 11.2. The van der Waals surface area contributed by atoms with Gasteiger partial charge in [-0.05, 0) is 69.3 Å². The van der Waals surface area contributed by atoms with E-state index in [2.05, 4.69) is 4.90 Å². The molecule has 1 saturated heterocycles. The van der Waals surface area contributed by atoms with Gasteiger partial charge < -0.3 is 9.47 Å². The van der Waals surface area contributed by atoms with Gasteiger partial charge >= 0.3 is 6.18 Å². The van der Waals surface area contributed by atoms with Crippen molar-refractivity contribution in [3.05, 3.63) is 29.8 Å². The Morgan fingerprint density at radius 3 is 2.28 bits per heavy atom. The van der Waals surface area contributed by atoms with Gasteiger partial charge in [-0.15, -0.1) is 0 Å². The van der Waals surface area contributed by atoms with Crippen LogP contribution in [0.2, 0.25) is 0 Å². The van der Waals surface area contributed by atoms with Crippen LogP contribution in [0.1, 0.15) is 44.1 Å². The lowest BCUT2D eigenvalue weighted by Crippen LogP contribution is -2.40. The highest BCUT2D eigenvalue weighted by atomic mass is 32.2. The molecule has 182 valence electrons. The number of unbranched alkanes of at least 4 members (excludes halogenated alkanes) is 1. The molecule has 1 saturated carbocycles. The molecule has 1 heterocycles. The third-order valence-electron chi connectivity index (χ3n) is 6.34. The zero-order chi connectivity index (χ0) is 23.2. The lowest BCUT2D eigenvalue weighted by atomic mass is 9.93. The maximum absolute atomic E-state index is 12.8. The number of nitrogens with zero attached hydrogens (tertiary/aromatic N) is 2. The summed E-state index contributed by atoms with van der Waals surface area (Å²) in [4.78, 5) is 2.29. The maximum atomic E-state index is 12.8. The zero-order valence-electron chi connectivity index (χ0n) is 18.5. The summed E-state index contributed by atoms with van der Waals surface area (Å²) < 4.78 is 76.6. The summed E-state index contributed by atoms with van der Waals surface area (Å²) in [5.74, 6) is 0. The number of hydrogen-bond donors (Lipinski definition) is 0. The van der Waals surface area contributed by atoms with Crippen LogP contribution in [0, 0.1) is 0 Å². The van der Waals surface area contributed by atoms with E-state index in [1.807, 2.05) is 0 Å². The van der Waals surface area contributed by atoms with Crippen LogP contribution in [0.5, 0.6) is 0 Å². The standard InChI is InChI=1S/C22H33F3N2O4S/c1-26(32(28,29)21-10-4-18(5-11-21)22(23,24)25)19-6-8-20(9-7-19)31-15-3-2-12-27-13-16-30-17-14-27/h4-5,10-11,19-20H,2-3,6-9,12-17H2,1H3. The molecule has 6 nitrogen and oxygen atoms in total. The van der Waals surface area contributed by atoms with Crippen LogP contribution in [-0.4, -0.2) is 76.3 Å². The molecule has 0 radical (unpaired) electrons. The van der Waals surface area contributed by atoms with E-state index < -0.39 is 21.8 Å². The molecule has 0 atom stereocenters. The van der Waals surface area contributed by atoms with E-state index in [-0.39, 0.29) is 17.0 Å². The average Bonchev–Trinajstić information content (AvgIpc) is 2.79. The fourth-order valence-electron chi connectivity index (χ4n) is 4.27. The van der Waals surface area contributed by atoms with Crippen LogP contribution < -0.4 is 0 Å². The fourth-order valence-corrected chi connectivity index (χ4v) is 5.68. The molecule has 0 amide bonds. The monoisotopic (exact) mass is 478 g/mol. The molecule has 2 fully saturated rings. The van der Waals surface area contributed by atoms with Gasteiger partial charge in [0.25, 0.3) is 0 Å². The van der Waals surface area contributed by atoms with Gasteiger partial charge in [0, 0.05) is 32.8 Å². The largest absolute Gasteiger partial charge is 0.416 e. The van der Waals surface area contributed by atoms with E-state index in [0.717, 1.165) is 82.8 Å². The van der Waals surface area contributed by atoms with E-state index in [1.54, 1.807) is 0 Å². The lowest BCUT2D eigenvalue weighted by molar-refractivity contribution is -0.137. The van der Waals surface area contributed by atoms with Crippen LogP contribution in [0.4, 0.5) is 13.2 Å². The summed E-state index contributed by atoms with van der Waals surface area (Å²) in [7, 11) is -2.34. The van der Waals surface area contributed by atoms with E-state index in [9.17, 15) is 21.6 Å². The normalized spacial score (nSPS) is 23.5. The van der Waals surface area contributed by atoms with Gasteiger partial charge in [0.2, 0.25) is 10.0 Å². The van der Waals surface area contributed by atoms with Gasteiger partial charge in [0.15, 0.2) is 0 Å². The number of benzene rings is 1. The van der Waals surface area contributed by atoms with Gasteiger partial charge in [-0.2, -0.15) is 17.5 Å². The van der Waals surface area contributed by atoms with Crippen molar-refractivity contribution >= 4 is 10.0 Å². The highest BCUT2D eigenvalue weighted by Crippen LogP contribution is 2.32. The van der Waals surface area contributed by atoms with Crippen LogP contribution in [0.25, 0.3) is 0 Å². The summed E-state index contributed by atoms with van der Waals surface area (Å²) >= 11 is 0. The Bertz CT molecular complexity index is 803. The van der Waals surface area contributed by atoms with Gasteiger partial charge in [-0.3, -0.25) is 4.90 Å². The molecule has 0 aromatic heterocycles. The first-order chi connectivity index (χ1) is 15.2. The summed E-state index contributed by atoms with van der Waals surface area (Å²) in [5.41, 5.74) is -0.860. The fraction of sp³-hybridized carbons (Fsp3) is 0.727. The summed E-state index contributed by atoms with van der Waals surface area (Å²) in [6.07, 6.45) is 0.640. The average molecular weight is 479 g/mol. The Hall–Kier alpha value is -1.20. The Balaban J connectivity index is 1.40. The van der Waals surface area contributed by atoms with Crippen molar-refractivity contribution < 1.29 is 31.1 Å². The maximum Gasteiger partial charge on any atom is 0.416 e. The molecule has 0 bridgehead atoms. The Labute approximate surface area is 188 Å². The van der Waals surface area contributed by atoms with Crippen LogP contribution in [-0.2, 0) is 25.7 Å². The van der Waals surface area contributed by atoms with E-state index >= 15 is 0 Å². The molecule has 1 aromatic rings. The van der Waals surface area contributed by atoms with Gasteiger partial charge in [0.1, 0.15) is 0 Å². The molecule has 1 aliphatic carbocycles. The number of hydrogen-bond acceptors (Lipinski definition) is 5. The minimum atomic E-state index is -4.49. The van der Waals surface area contributed by atoms with Crippen molar-refractivity contribution in [1.82, 2.24) is 9.21 Å². The predicted octanol–water partition coefficient (Wildman–Crippen LogP) is 3.77. The van der Waals surface area contributed by atoms with Crippen molar-refractivity contribution in [2.75, 3.05) is 46.5 Å². The second kappa shape index (κ2) is 11.3. The van der Waals surface area contributed by atoms with Crippen molar-refractivity contribution in [1.29, 1.82) is 0 Å². The Morgan fingerprint density at radius 2 is 1.69 bits per heavy atom. The van der Waals surface area contributed by atoms with Crippen LogP contribution in [0.3, 0.4) is 0 Å². The summed E-state index contributed by atoms with van der Waals surface area (Å²) in [6.45, 7) is 5.37. The molecular formula is C22H33F3N2O4S. The SMILES string of the molecule is CN(C1CCC(OCCCCN2CCOCC2)CC1)S(=O)(=O)c1ccc(C(F)(F)F)cc1. The van der Waals surface area contributed by atoms with Crippen molar-refractivity contribution in [2.24, 2.45) is 0 Å². The number of halogens is 3. The number of sulfonamides is 1. The third kappa shape index (κ3) is 6.90. The number of ether oxygens (including phenoxy) is 2. The van der Waals surface area contributed by atoms with E-state index in [0.29, 0.717) is 19.4 Å². The minimum absolute atomic E-state index is 0.119. The van der Waals surface area contributed by atoms with Gasteiger partial charge in [0.05, 0.1) is 29.8 Å². The Morgan fingerprint density at radius 1 is 1.06 bits per heavy atom. The molecule has 0 unspecified atom stereocenters. The van der Waals surface area contributed by atoms with Crippen molar-refractivity contribution in [3.63, 3.8) is 0 Å². The molecule has 2 aliphatic rings. The molecule has 1 aliphatic heterocycles. The summed E-state index contributed by atoms with van der Waals surface area (Å²) in [6, 6.07) is 3.50. The number of alkyl halides is 3. The molecule has 0 spiro atoms. The molecular weight excluding hydrogens is 445 g/mol. The molecule has 0 N–H and O–H groups in total. The van der Waals surface area contributed by atoms with E-state index in [1.165, 1.54) is 11.4 Å². The van der Waals surface area contributed by atoms with Gasteiger partial charge in [-0.1, -0.05) is 0 Å². The van der Waals surface area contributed by atoms with E-state index in [4.69, 9.17) is 9.47 Å². The van der Waals surface area contributed by atoms with Crippen LogP contribution in [0.15, 0.2) is 29.2 Å². The summed E-state index contributed by atoms with van der Waals surface area (Å²) in [5, 5.41) is 0. The number of morpholine rings is 1. The van der Waals surface area contributed by atoms with Gasteiger partial charge in [-0.25, -0.2) is 8.42 Å². The smallest absolute Gasteiger partial charge is 0.379 e. The lowest BCUT2D eigenvalue weighted by Gasteiger charge is -2.34. The minimum Gasteiger partial charge on any atom is -0.379 e. The number of rotatable bonds is 9. The first kappa shape index (κ1) is 25.4. The Kier molecular flexibility index (Phi) is 8.97. The highest BCUT2D eigenvalue weighted by molar-refractivity contribution is 7.89. The first-order valence-corrected chi connectivity index (χ1v) is 12.7. The molecule has 32 heavy (non-hydrogen) atoms. The highest BCUT2D eigenvalue weighted by Gasteiger charge is 2.34. The molecule has 3 rings (SSSR count). The molecule has 1 aromatic carbocycles. The third-order valence-corrected chi connectivity index (χ3v) is 8.27. The predicted molar refractivity (Wildman–Crippen MR) is 115 cm³/mol. The second-order valence-electron chi connectivity index (χ2n) is 8.51. The van der Waals surface area contributed by atoms with Crippen molar-refractivity contribution in [2.45, 2.75) is 61.7 Å². The molecule has 10 heteroatoms. The quantitative estimate of drug-likeness (QED) is 0.506. The van der Waals surface area contributed by atoms with Crippen LogP contribution >= 0.6 is 0 Å². The topological polar surface area (TPSA) is 59.1 Å².